The van der Waals surface area contributed by atoms with E-state index >= 15 is 0 Å². The summed E-state index contributed by atoms with van der Waals surface area (Å²) in [6.45, 7) is 13.3. The molecule has 0 saturated carbocycles. The zero-order valence-corrected chi connectivity index (χ0v) is 28.5. The van der Waals surface area contributed by atoms with Crippen molar-refractivity contribution in [2.24, 2.45) is 10.8 Å². The third-order valence-corrected chi connectivity index (χ3v) is 19.9. The third kappa shape index (κ3) is 11.9. The van der Waals surface area contributed by atoms with Crippen molar-refractivity contribution in [1.82, 2.24) is 0 Å². The van der Waals surface area contributed by atoms with Crippen molar-refractivity contribution >= 4 is 18.8 Å². The van der Waals surface area contributed by atoms with Crippen LogP contribution in [0.4, 0.5) is 0 Å². The van der Waals surface area contributed by atoms with Crippen LogP contribution >= 0.6 is 0 Å². The molecule has 0 amide bonds. The van der Waals surface area contributed by atoms with Gasteiger partial charge in [-0.25, -0.2) is 12.2 Å². The van der Waals surface area contributed by atoms with Crippen molar-refractivity contribution in [2.45, 2.75) is 54.4 Å². The Morgan fingerprint density at radius 3 is 1.15 bits per heavy atom. The predicted octanol–water partition coefficient (Wildman–Crippen LogP) is 0.791. The molecule has 2 aromatic carbocycles. The molecule has 0 aromatic heterocycles. The molecule has 34 heavy (non-hydrogen) atoms. The van der Waals surface area contributed by atoms with E-state index in [-0.39, 0.29) is 24.8 Å². The van der Waals surface area contributed by atoms with Gasteiger partial charge in [-0.2, -0.15) is 23.3 Å². The van der Waals surface area contributed by atoms with Crippen LogP contribution in [0.3, 0.4) is 0 Å². The van der Waals surface area contributed by atoms with Gasteiger partial charge in [-0.05, 0) is 0 Å². The van der Waals surface area contributed by atoms with E-state index in [0.717, 1.165) is 12.8 Å². The summed E-state index contributed by atoms with van der Waals surface area (Å²) < 4.78 is 3.20. The number of hydrogen-bond donors (Lipinski definition) is 0. The van der Waals surface area contributed by atoms with Gasteiger partial charge in [0.05, 0.1) is 0 Å². The summed E-state index contributed by atoms with van der Waals surface area (Å²) in [6.07, 6.45) is 17.0. The Kier molecular flexibility index (Phi) is 15.9. The van der Waals surface area contributed by atoms with Gasteiger partial charge in [-0.3, -0.25) is 12.2 Å². The molecular weight excluding hydrogens is 682 g/mol. The molecule has 0 N–H and O–H groups in total. The summed E-state index contributed by atoms with van der Waals surface area (Å²) in [6, 6.07) is 22.0. The predicted molar refractivity (Wildman–Crippen MR) is 138 cm³/mol. The topological polar surface area (TPSA) is 0 Å². The molecule has 0 aliphatic heterocycles. The molecule has 2 aromatic rings. The van der Waals surface area contributed by atoms with Crippen LogP contribution in [0.15, 0.2) is 96.1 Å². The number of rotatable bonds is 2. The molecule has 0 saturated heterocycles. The first kappa shape index (κ1) is 33.4. The number of benzene rings is 2. The maximum absolute atomic E-state index is 3.16. The Hall–Kier alpha value is -0.607. The molecule has 0 nitrogen and oxygen atoms in total. The molecule has 2 aliphatic carbocycles. The molecule has 0 bridgehead atoms. The summed E-state index contributed by atoms with van der Waals surface area (Å²) in [5, 5.41) is 0. The van der Waals surface area contributed by atoms with Gasteiger partial charge in [0.15, 0.2) is 0 Å². The van der Waals surface area contributed by atoms with Crippen LogP contribution in [0.25, 0.3) is 0 Å². The molecule has 0 spiro atoms. The molecular formula is C30H36Cl2GeHf-2. The van der Waals surface area contributed by atoms with Gasteiger partial charge in [0.1, 0.15) is 0 Å². The van der Waals surface area contributed by atoms with E-state index in [1.807, 2.05) is 0 Å². The van der Waals surface area contributed by atoms with E-state index in [2.05, 4.69) is 139 Å². The monoisotopic (exact) mass is 720 g/mol. The van der Waals surface area contributed by atoms with Crippen LogP contribution in [0.1, 0.15) is 54.4 Å². The standard InChI is InChI=1S/C12H10Ge.2C9H13.2ClH.Hf/c1-3-7-11(8-4-1)13-12-9-5-2-6-10-12;2*1-9(2,3)8-6-4-5-7-8;;;/h1-10H;2*6-7H,4H2,1-3H3;2*1H;/q;2*-1;;;+2/p-2. The van der Waals surface area contributed by atoms with Gasteiger partial charge >= 0.3 is 101 Å². The maximum atomic E-state index is 3.16. The normalized spacial score (nSPS) is 13.8. The van der Waals surface area contributed by atoms with E-state index in [9.17, 15) is 0 Å². The van der Waals surface area contributed by atoms with Crippen molar-refractivity contribution in [1.29, 1.82) is 0 Å². The fraction of sp³-hybridized carbons (Fsp3) is 0.333. The molecule has 2 aliphatic rings. The molecule has 4 heteroatoms. The fourth-order valence-corrected chi connectivity index (χ4v) is 12.3. The first-order valence-electron chi connectivity index (χ1n) is 11.3. The molecule has 0 unspecified atom stereocenters. The Morgan fingerprint density at radius 1 is 0.618 bits per heavy atom. The van der Waals surface area contributed by atoms with E-state index in [1.54, 1.807) is 8.79 Å². The zero-order chi connectivity index (χ0) is 23.6. The van der Waals surface area contributed by atoms with Gasteiger partial charge in [0, 0.05) is 0 Å². The second kappa shape index (κ2) is 16.2. The number of allylic oxidation sites excluding steroid dienone is 8. The minimum atomic E-state index is -1.06. The van der Waals surface area contributed by atoms with Gasteiger partial charge in [-0.1, -0.05) is 52.4 Å². The second-order valence-electron chi connectivity index (χ2n) is 10.0. The van der Waals surface area contributed by atoms with E-state index < -0.39 is 10.1 Å². The van der Waals surface area contributed by atoms with Crippen LogP contribution in [0, 0.1) is 23.0 Å². The van der Waals surface area contributed by atoms with E-state index in [1.165, 1.54) is 32.4 Å². The van der Waals surface area contributed by atoms with Crippen LogP contribution in [0.2, 0.25) is 0 Å². The Bertz CT molecular complexity index is 908. The summed E-state index contributed by atoms with van der Waals surface area (Å²) in [5.41, 5.74) is 3.48. The van der Waals surface area contributed by atoms with E-state index in [4.69, 9.17) is 0 Å². The Balaban J connectivity index is 0.000000485. The summed E-state index contributed by atoms with van der Waals surface area (Å²) >= 11 is 1.33. The average molecular weight is 719 g/mol. The van der Waals surface area contributed by atoms with Gasteiger partial charge in [0.25, 0.3) is 0 Å². The van der Waals surface area contributed by atoms with Crippen molar-refractivity contribution in [2.75, 3.05) is 0 Å². The van der Waals surface area contributed by atoms with Crippen molar-refractivity contribution < 1.29 is 46.1 Å². The summed E-state index contributed by atoms with van der Waals surface area (Å²) in [7, 11) is -1.06. The minimum absolute atomic E-state index is 0. The zero-order valence-electron chi connectivity index (χ0n) is 21.3. The van der Waals surface area contributed by atoms with Crippen molar-refractivity contribution in [3.63, 3.8) is 0 Å². The first-order valence-corrected chi connectivity index (χ1v) is 23.8. The summed E-state index contributed by atoms with van der Waals surface area (Å²) in [5.74, 6) is 0. The molecule has 0 radical (unpaired) electrons. The molecule has 4 rings (SSSR count). The Labute approximate surface area is 236 Å². The summed E-state index contributed by atoms with van der Waals surface area (Å²) in [4.78, 5) is 0. The molecule has 0 fully saturated rings. The van der Waals surface area contributed by atoms with Crippen LogP contribution in [0.5, 0.6) is 0 Å². The van der Waals surface area contributed by atoms with Gasteiger partial charge in [-0.15, -0.1) is 12.8 Å². The third-order valence-electron chi connectivity index (χ3n) is 5.25. The average Bonchev–Trinajstić information content (AvgIpc) is 3.49. The van der Waals surface area contributed by atoms with Crippen LogP contribution in [-0.2, 0) is 21.3 Å². The number of hydrogen-bond acceptors (Lipinski definition) is 0. The van der Waals surface area contributed by atoms with Crippen molar-refractivity contribution in [3.05, 3.63) is 108 Å². The Morgan fingerprint density at radius 2 is 0.941 bits per heavy atom. The second-order valence-corrected chi connectivity index (χ2v) is 23.4. The number of halogens is 2. The van der Waals surface area contributed by atoms with E-state index in [0.29, 0.717) is 10.8 Å². The SMILES string of the molecule is CC(C)(C)C1=CC[C-]=C1.CC(C)(C)C1=CC[C-]=C1.[Cl-].[Cl-].[Hf+2]=[Ge]([c]1ccccc1)[c]1ccccc1. The van der Waals surface area contributed by atoms with Gasteiger partial charge < -0.3 is 24.8 Å². The van der Waals surface area contributed by atoms with Crippen LogP contribution < -0.4 is 33.6 Å². The van der Waals surface area contributed by atoms with Gasteiger partial charge in [0.2, 0.25) is 0 Å². The fourth-order valence-electron chi connectivity index (χ4n) is 3.22. The molecule has 0 heterocycles. The quantitative estimate of drug-likeness (QED) is 0.319. The van der Waals surface area contributed by atoms with Crippen LogP contribution in [-0.4, -0.2) is 10.1 Å². The molecule has 0 atom stereocenters. The van der Waals surface area contributed by atoms with Crippen molar-refractivity contribution in [3.8, 4) is 0 Å². The molecule has 180 valence electrons. The first-order chi connectivity index (χ1) is 15.1.